The van der Waals surface area contributed by atoms with E-state index in [4.69, 9.17) is 23.7 Å². The molecule has 0 radical (unpaired) electrons. The predicted octanol–water partition coefficient (Wildman–Crippen LogP) is 4.98. The van der Waals surface area contributed by atoms with Crippen molar-refractivity contribution in [2.45, 2.75) is 64.3 Å². The van der Waals surface area contributed by atoms with E-state index in [0.29, 0.717) is 28.6 Å². The first kappa shape index (κ1) is 32.9. The maximum atomic E-state index is 13.1. The Morgan fingerprint density at radius 2 is 1.89 bits per heavy atom. The van der Waals surface area contributed by atoms with Crippen LogP contribution in [0.1, 0.15) is 60.4 Å². The van der Waals surface area contributed by atoms with Gasteiger partial charge in [0.1, 0.15) is 23.5 Å². The number of methoxy groups -OCH3 is 1. The minimum Gasteiger partial charge on any atom is -0.478 e. The predicted molar refractivity (Wildman–Crippen MR) is 163 cm³/mol. The van der Waals surface area contributed by atoms with Gasteiger partial charge < -0.3 is 38.5 Å². The zero-order valence-electron chi connectivity index (χ0n) is 25.8. The Hall–Kier alpha value is -4.03. The second kappa shape index (κ2) is 14.2. The zero-order chi connectivity index (χ0) is 32.0. The summed E-state index contributed by atoms with van der Waals surface area (Å²) in [6, 6.07) is 10.3. The molecule has 1 unspecified atom stereocenters. The van der Waals surface area contributed by atoms with Crippen LogP contribution in [-0.4, -0.2) is 75.8 Å². The summed E-state index contributed by atoms with van der Waals surface area (Å²) in [4.78, 5) is 29.9. The van der Waals surface area contributed by atoms with E-state index in [0.717, 1.165) is 0 Å². The van der Waals surface area contributed by atoms with Crippen molar-refractivity contribution in [1.82, 2.24) is 9.55 Å². The van der Waals surface area contributed by atoms with E-state index in [1.807, 2.05) is 20.0 Å². The second-order valence-corrected chi connectivity index (χ2v) is 11.2. The highest BCUT2D eigenvalue weighted by atomic mass is 16.8. The van der Waals surface area contributed by atoms with Gasteiger partial charge >= 0.3 is 11.9 Å². The maximum absolute atomic E-state index is 13.1. The minimum absolute atomic E-state index is 0.0466. The number of esters is 1. The lowest BCUT2D eigenvalue weighted by molar-refractivity contribution is -0.152. The van der Waals surface area contributed by atoms with Crippen LogP contribution in [-0.2, 0) is 26.0 Å². The average molecular weight is 609 g/mol. The van der Waals surface area contributed by atoms with Gasteiger partial charge in [0.05, 0.1) is 35.1 Å². The van der Waals surface area contributed by atoms with Crippen molar-refractivity contribution in [1.29, 1.82) is 0 Å². The van der Waals surface area contributed by atoms with Crippen molar-refractivity contribution in [3.63, 3.8) is 0 Å². The molecule has 5 atom stereocenters. The van der Waals surface area contributed by atoms with Crippen molar-refractivity contribution in [3.05, 3.63) is 77.6 Å². The molecule has 1 aromatic heterocycles. The summed E-state index contributed by atoms with van der Waals surface area (Å²) in [5, 5.41) is 20.2. The number of aromatic carboxylic acids is 1. The molecule has 236 valence electrons. The highest BCUT2D eigenvalue weighted by Gasteiger charge is 2.45. The summed E-state index contributed by atoms with van der Waals surface area (Å²) in [5.74, 6) is -2.74. The Kier molecular flexibility index (Phi) is 10.6. The molecule has 1 aliphatic rings. The molecule has 1 fully saturated rings. The third-order valence-electron chi connectivity index (χ3n) is 7.38. The van der Waals surface area contributed by atoms with Crippen LogP contribution in [0.25, 0.3) is 17.1 Å². The number of carbonyl (C=O) groups is 2. The number of ether oxygens (including phenoxy) is 5. The normalized spacial score (nSPS) is 20.2. The molecule has 0 spiro atoms. The number of carbonyl (C=O) groups excluding carboxylic acids is 1. The fourth-order valence-corrected chi connectivity index (χ4v) is 4.96. The molecule has 1 aliphatic heterocycles. The number of aliphatic hydroxyl groups excluding tert-OH is 1. The molecule has 1 saturated heterocycles. The largest absolute Gasteiger partial charge is 0.478 e. The molecular formula is C33H40N2O9. The van der Waals surface area contributed by atoms with Gasteiger partial charge in [-0.1, -0.05) is 43.4 Å². The van der Waals surface area contributed by atoms with Crippen LogP contribution in [0.4, 0.5) is 0 Å². The van der Waals surface area contributed by atoms with Crippen molar-refractivity contribution < 1.29 is 43.5 Å². The quantitative estimate of drug-likeness (QED) is 0.155. The number of hydrogen-bond donors (Lipinski definition) is 2. The molecular weight excluding hydrogens is 568 g/mol. The Morgan fingerprint density at radius 1 is 1.16 bits per heavy atom. The third kappa shape index (κ3) is 7.72. The summed E-state index contributed by atoms with van der Waals surface area (Å²) in [5.41, 5.74) is 1.89. The molecule has 0 bridgehead atoms. The van der Waals surface area contributed by atoms with Crippen LogP contribution in [0.15, 0.2) is 61.0 Å². The third-order valence-corrected chi connectivity index (χ3v) is 7.38. The monoisotopic (exact) mass is 608 g/mol. The lowest BCUT2D eigenvalue weighted by atomic mass is 9.99. The molecule has 4 rings (SSSR count). The number of benzene rings is 2. The van der Waals surface area contributed by atoms with Crippen LogP contribution in [0, 0.1) is 5.92 Å². The second-order valence-electron chi connectivity index (χ2n) is 11.2. The van der Waals surface area contributed by atoms with Gasteiger partial charge in [-0.3, -0.25) is 0 Å². The van der Waals surface area contributed by atoms with Crippen molar-refractivity contribution in [3.8, 4) is 5.75 Å². The molecule has 11 nitrogen and oxygen atoms in total. The van der Waals surface area contributed by atoms with Gasteiger partial charge in [-0.2, -0.15) is 0 Å². The van der Waals surface area contributed by atoms with Crippen LogP contribution >= 0.6 is 0 Å². The van der Waals surface area contributed by atoms with Gasteiger partial charge in [-0.15, -0.1) is 0 Å². The number of hydrogen-bond acceptors (Lipinski definition) is 9. The molecule has 3 aromatic rings. The summed E-state index contributed by atoms with van der Waals surface area (Å²) in [7, 11) is 3.26. The van der Waals surface area contributed by atoms with E-state index in [1.165, 1.54) is 7.11 Å². The molecule has 2 aromatic carbocycles. The molecule has 0 saturated carbocycles. The van der Waals surface area contributed by atoms with E-state index < -0.39 is 42.1 Å². The minimum atomic E-state index is -1.17. The Labute approximate surface area is 256 Å². The number of fused-ring (bicyclic) bond motifs is 1. The number of nitrogens with zero attached hydrogens (tertiary/aromatic N) is 2. The van der Waals surface area contributed by atoms with Crippen LogP contribution < -0.4 is 4.74 Å². The van der Waals surface area contributed by atoms with E-state index in [1.54, 1.807) is 86.3 Å². The van der Waals surface area contributed by atoms with E-state index >= 15 is 0 Å². The summed E-state index contributed by atoms with van der Waals surface area (Å²) in [6.07, 6.45) is 6.16. The van der Waals surface area contributed by atoms with Crippen molar-refractivity contribution >= 4 is 29.0 Å². The Balaban J connectivity index is 1.67. The lowest BCUT2D eigenvalue weighted by Crippen LogP contribution is -2.37. The molecule has 2 N–H and O–H groups in total. The number of imidazole rings is 1. The van der Waals surface area contributed by atoms with Crippen LogP contribution in [0.5, 0.6) is 5.75 Å². The highest BCUT2D eigenvalue weighted by Crippen LogP contribution is 2.35. The lowest BCUT2D eigenvalue weighted by Gasteiger charge is -2.25. The Bertz CT molecular complexity index is 1510. The van der Waals surface area contributed by atoms with Gasteiger partial charge in [0.2, 0.25) is 0 Å². The maximum Gasteiger partial charge on any atom is 0.340 e. The summed E-state index contributed by atoms with van der Waals surface area (Å²) in [6.45, 7) is 6.97. The number of aromatic nitrogens is 2. The molecule has 0 amide bonds. The van der Waals surface area contributed by atoms with Crippen LogP contribution in [0.3, 0.4) is 0 Å². The first-order valence-electron chi connectivity index (χ1n) is 14.4. The first-order chi connectivity index (χ1) is 20.9. The fraction of sp³-hybridized carbons (Fsp3) is 0.424. The number of rotatable bonds is 13. The smallest absolute Gasteiger partial charge is 0.340 e. The molecule has 2 heterocycles. The van der Waals surface area contributed by atoms with Crippen molar-refractivity contribution in [2.75, 3.05) is 13.9 Å². The average Bonchev–Trinajstić information content (AvgIpc) is 3.51. The van der Waals surface area contributed by atoms with E-state index in [-0.39, 0.29) is 24.0 Å². The van der Waals surface area contributed by atoms with Crippen molar-refractivity contribution in [2.24, 2.45) is 13.0 Å². The van der Waals surface area contributed by atoms with E-state index in [9.17, 15) is 19.8 Å². The van der Waals surface area contributed by atoms with Gasteiger partial charge in [-0.05, 0) is 51.3 Å². The molecule has 11 heteroatoms. The first-order valence-corrected chi connectivity index (χ1v) is 14.4. The zero-order valence-corrected chi connectivity index (χ0v) is 25.8. The number of aliphatic hydroxyl groups is 1. The van der Waals surface area contributed by atoms with Gasteiger partial charge in [0.25, 0.3) is 0 Å². The fourth-order valence-electron chi connectivity index (χ4n) is 4.96. The van der Waals surface area contributed by atoms with Crippen LogP contribution in [0.2, 0.25) is 0 Å². The Morgan fingerprint density at radius 3 is 2.55 bits per heavy atom. The molecule has 44 heavy (non-hydrogen) atoms. The van der Waals surface area contributed by atoms with E-state index in [2.05, 4.69) is 4.98 Å². The molecule has 0 aliphatic carbocycles. The standard InChI is InChI=1S/C33H40N2O9/c1-20(21(2)36)15-16-25(42-32(39)22-11-8-7-9-12-22)30-26(43-33(3,4)44-30)14-10-13-23-28(31(37)38)27(41-19-40-6)17-24-29(23)34-18-35(24)5/h7-13,15-18,20-21,25-26,30,36H,14,19H2,1-6H3,(H,37,38)/b13-10+,16-15-/t20-,21+,25?,26+,30-/m1/s1. The van der Waals surface area contributed by atoms with Gasteiger partial charge in [0, 0.05) is 25.8 Å². The van der Waals surface area contributed by atoms with Gasteiger partial charge in [0.15, 0.2) is 12.6 Å². The SMILES string of the molecule is COCOc1cc2c(ncn2C)c(/C=C/C[C@@H]2OC(C)(C)O[C@@H]2C(/C=C\[C@@H](C)[C@H](C)O)OC(=O)c2ccccc2)c1C(=O)O. The van der Waals surface area contributed by atoms with Gasteiger partial charge in [-0.25, -0.2) is 14.6 Å². The summed E-state index contributed by atoms with van der Waals surface area (Å²) >= 11 is 0. The topological polar surface area (TPSA) is 139 Å². The number of carboxylic acid groups (broad SMARTS) is 1. The summed E-state index contributed by atoms with van der Waals surface area (Å²) < 4.78 is 30.9. The highest BCUT2D eigenvalue weighted by molar-refractivity contribution is 6.03. The number of aryl methyl sites for hydroxylation is 1. The number of carboxylic acids is 1.